The molecule has 1 heterocycles. The second kappa shape index (κ2) is 7.35. The van der Waals surface area contributed by atoms with E-state index in [9.17, 15) is 14.4 Å². The second-order valence-corrected chi connectivity index (χ2v) is 7.47. The van der Waals surface area contributed by atoms with Crippen molar-refractivity contribution in [3.05, 3.63) is 93.0 Å². The van der Waals surface area contributed by atoms with Crippen molar-refractivity contribution in [2.75, 3.05) is 10.2 Å². The van der Waals surface area contributed by atoms with Gasteiger partial charge in [0, 0.05) is 21.3 Å². The molecule has 1 aliphatic heterocycles. The van der Waals surface area contributed by atoms with Gasteiger partial charge in [-0.2, -0.15) is 0 Å². The van der Waals surface area contributed by atoms with Crippen molar-refractivity contribution in [2.24, 2.45) is 0 Å². The van der Waals surface area contributed by atoms with Gasteiger partial charge in [-0.3, -0.25) is 14.4 Å². The molecule has 0 fully saturated rings. The molecule has 7 heteroatoms. The zero-order valence-electron chi connectivity index (χ0n) is 15.2. The fraction of sp³-hybridized carbons (Fsp3) is 0.0455. The summed E-state index contributed by atoms with van der Waals surface area (Å²) in [5, 5.41) is 3.73. The van der Waals surface area contributed by atoms with E-state index in [1.807, 2.05) is 0 Å². The molecule has 1 aliphatic rings. The first-order valence-corrected chi connectivity index (χ1v) is 9.46. The SMILES string of the molecule is Cc1cc(NC(=O)c2ccc(Cl)cc2)ccc1N1C(=O)c2ccc(Cl)cc2C1=O. The standard InChI is InChI=1S/C22H14Cl2N2O3/c1-12-10-16(25-20(27)13-2-4-14(23)5-3-13)7-9-19(12)26-21(28)17-8-6-15(24)11-18(17)22(26)29/h2-11H,1H3,(H,25,27). The third-order valence-corrected chi connectivity index (χ3v) is 5.14. The van der Waals surface area contributed by atoms with Crippen molar-refractivity contribution in [1.82, 2.24) is 0 Å². The molecule has 1 N–H and O–H groups in total. The number of hydrogen-bond acceptors (Lipinski definition) is 3. The molecule has 0 unspecified atom stereocenters. The predicted octanol–water partition coefficient (Wildman–Crippen LogP) is 5.35. The van der Waals surface area contributed by atoms with Crippen LogP contribution in [0.3, 0.4) is 0 Å². The van der Waals surface area contributed by atoms with Gasteiger partial charge in [0.2, 0.25) is 0 Å². The number of benzene rings is 3. The Labute approximate surface area is 176 Å². The summed E-state index contributed by atoms with van der Waals surface area (Å²) < 4.78 is 0. The number of aryl methyl sites for hydroxylation is 1. The van der Waals surface area contributed by atoms with Gasteiger partial charge < -0.3 is 5.32 Å². The van der Waals surface area contributed by atoms with Crippen molar-refractivity contribution in [1.29, 1.82) is 0 Å². The highest BCUT2D eigenvalue weighted by atomic mass is 35.5. The first-order chi connectivity index (χ1) is 13.8. The molecule has 0 radical (unpaired) electrons. The van der Waals surface area contributed by atoms with Gasteiger partial charge in [0.15, 0.2) is 0 Å². The summed E-state index contributed by atoms with van der Waals surface area (Å²) in [7, 11) is 0. The third kappa shape index (κ3) is 3.50. The lowest BCUT2D eigenvalue weighted by molar-refractivity contribution is 0.0924. The van der Waals surface area contributed by atoms with E-state index in [0.717, 1.165) is 4.90 Å². The maximum atomic E-state index is 12.8. The molecule has 0 spiro atoms. The number of hydrogen-bond donors (Lipinski definition) is 1. The van der Waals surface area contributed by atoms with Crippen LogP contribution in [0.25, 0.3) is 0 Å². The number of anilines is 2. The van der Waals surface area contributed by atoms with Crippen LogP contribution in [0.15, 0.2) is 60.7 Å². The fourth-order valence-corrected chi connectivity index (χ4v) is 3.52. The maximum Gasteiger partial charge on any atom is 0.266 e. The van der Waals surface area contributed by atoms with Crippen molar-refractivity contribution < 1.29 is 14.4 Å². The zero-order valence-corrected chi connectivity index (χ0v) is 16.7. The average molecular weight is 425 g/mol. The molecule has 0 bridgehead atoms. The molecule has 0 saturated carbocycles. The summed E-state index contributed by atoms with van der Waals surface area (Å²) in [6, 6.07) is 16.1. The van der Waals surface area contributed by atoms with Crippen LogP contribution in [0.4, 0.5) is 11.4 Å². The Morgan fingerprint density at radius 1 is 0.828 bits per heavy atom. The van der Waals surface area contributed by atoms with E-state index in [4.69, 9.17) is 23.2 Å². The Morgan fingerprint density at radius 2 is 1.48 bits per heavy atom. The van der Waals surface area contributed by atoms with Crippen LogP contribution in [0.1, 0.15) is 36.6 Å². The van der Waals surface area contributed by atoms with Crippen LogP contribution >= 0.6 is 23.2 Å². The number of rotatable bonds is 3. The van der Waals surface area contributed by atoms with Gasteiger partial charge in [0.05, 0.1) is 16.8 Å². The molecule has 5 nitrogen and oxygen atoms in total. The first kappa shape index (κ1) is 19.2. The Bertz CT molecular complexity index is 1170. The molecule has 29 heavy (non-hydrogen) atoms. The van der Waals surface area contributed by atoms with Crippen molar-refractivity contribution in [3.8, 4) is 0 Å². The number of imide groups is 1. The van der Waals surface area contributed by atoms with Gasteiger partial charge in [-0.1, -0.05) is 23.2 Å². The van der Waals surface area contributed by atoms with Gasteiger partial charge in [0.25, 0.3) is 17.7 Å². The molecular weight excluding hydrogens is 411 g/mol. The lowest BCUT2D eigenvalue weighted by Crippen LogP contribution is -2.30. The highest BCUT2D eigenvalue weighted by molar-refractivity contribution is 6.37. The van der Waals surface area contributed by atoms with E-state index in [-0.39, 0.29) is 11.5 Å². The lowest BCUT2D eigenvalue weighted by Gasteiger charge is -2.17. The van der Waals surface area contributed by atoms with Crippen LogP contribution in [-0.4, -0.2) is 17.7 Å². The van der Waals surface area contributed by atoms with Gasteiger partial charge in [-0.05, 0) is 73.2 Å². The van der Waals surface area contributed by atoms with Crippen molar-refractivity contribution in [2.45, 2.75) is 6.92 Å². The normalized spacial score (nSPS) is 12.9. The number of carbonyl (C=O) groups excluding carboxylic acids is 3. The van der Waals surface area contributed by atoms with E-state index in [1.165, 1.54) is 6.07 Å². The van der Waals surface area contributed by atoms with Crippen LogP contribution in [-0.2, 0) is 0 Å². The number of halogens is 2. The number of fused-ring (bicyclic) bond motifs is 1. The largest absolute Gasteiger partial charge is 0.322 e. The zero-order chi connectivity index (χ0) is 20.7. The highest BCUT2D eigenvalue weighted by Gasteiger charge is 2.37. The maximum absolute atomic E-state index is 12.8. The molecule has 3 aromatic rings. The van der Waals surface area contributed by atoms with Crippen molar-refractivity contribution >= 4 is 52.3 Å². The number of nitrogens with one attached hydrogen (secondary N) is 1. The average Bonchev–Trinajstić information content (AvgIpc) is 2.93. The van der Waals surface area contributed by atoms with E-state index in [0.29, 0.717) is 38.1 Å². The molecule has 0 saturated heterocycles. The van der Waals surface area contributed by atoms with E-state index in [1.54, 1.807) is 61.5 Å². The monoisotopic (exact) mass is 424 g/mol. The number of amides is 3. The first-order valence-electron chi connectivity index (χ1n) is 8.71. The molecular formula is C22H14Cl2N2O3. The minimum atomic E-state index is -0.423. The minimum absolute atomic E-state index is 0.280. The summed E-state index contributed by atoms with van der Waals surface area (Å²) in [6.07, 6.45) is 0. The minimum Gasteiger partial charge on any atom is -0.322 e. The topological polar surface area (TPSA) is 66.5 Å². The molecule has 0 atom stereocenters. The Morgan fingerprint density at radius 3 is 2.17 bits per heavy atom. The molecule has 3 aromatic carbocycles. The molecule has 144 valence electrons. The quantitative estimate of drug-likeness (QED) is 0.575. The van der Waals surface area contributed by atoms with Crippen LogP contribution in [0.2, 0.25) is 10.0 Å². The van der Waals surface area contributed by atoms with Crippen LogP contribution in [0, 0.1) is 6.92 Å². The summed E-state index contributed by atoms with van der Waals surface area (Å²) in [6.45, 7) is 1.77. The van der Waals surface area contributed by atoms with Crippen LogP contribution < -0.4 is 10.2 Å². The summed E-state index contributed by atoms with van der Waals surface area (Å²) >= 11 is 11.8. The summed E-state index contributed by atoms with van der Waals surface area (Å²) in [4.78, 5) is 39.0. The lowest BCUT2D eigenvalue weighted by atomic mass is 10.1. The molecule has 4 rings (SSSR count). The highest BCUT2D eigenvalue weighted by Crippen LogP contribution is 2.33. The van der Waals surface area contributed by atoms with Crippen LogP contribution in [0.5, 0.6) is 0 Å². The fourth-order valence-electron chi connectivity index (χ4n) is 3.22. The van der Waals surface area contributed by atoms with Gasteiger partial charge in [0.1, 0.15) is 0 Å². The second-order valence-electron chi connectivity index (χ2n) is 6.60. The van der Waals surface area contributed by atoms with E-state index < -0.39 is 11.8 Å². The number of nitrogens with zero attached hydrogens (tertiary/aromatic N) is 1. The Balaban J connectivity index is 1.60. The molecule has 0 aromatic heterocycles. The van der Waals surface area contributed by atoms with Gasteiger partial charge >= 0.3 is 0 Å². The van der Waals surface area contributed by atoms with Crippen molar-refractivity contribution in [3.63, 3.8) is 0 Å². The Kier molecular flexibility index (Phi) is 4.86. The van der Waals surface area contributed by atoms with Gasteiger partial charge in [-0.25, -0.2) is 4.90 Å². The molecule has 3 amide bonds. The number of carbonyl (C=O) groups is 3. The van der Waals surface area contributed by atoms with E-state index in [2.05, 4.69) is 5.32 Å². The smallest absolute Gasteiger partial charge is 0.266 e. The summed E-state index contributed by atoms with van der Waals surface area (Å²) in [5.74, 6) is -1.11. The summed E-state index contributed by atoms with van der Waals surface area (Å²) in [5.41, 5.74) is 2.73. The Hall–Kier alpha value is -3.15. The molecule has 0 aliphatic carbocycles. The van der Waals surface area contributed by atoms with Gasteiger partial charge in [-0.15, -0.1) is 0 Å². The third-order valence-electron chi connectivity index (χ3n) is 4.65. The van der Waals surface area contributed by atoms with E-state index >= 15 is 0 Å². The predicted molar refractivity (Wildman–Crippen MR) is 113 cm³/mol.